The predicted molar refractivity (Wildman–Crippen MR) is 82.0 cm³/mol. The van der Waals surface area contributed by atoms with Gasteiger partial charge in [-0.1, -0.05) is 34.9 Å². The number of pyridine rings is 1. The van der Waals surface area contributed by atoms with E-state index in [-0.39, 0.29) is 0 Å². The first kappa shape index (κ1) is 12.7. The van der Waals surface area contributed by atoms with Gasteiger partial charge < -0.3 is 5.73 Å². The summed E-state index contributed by atoms with van der Waals surface area (Å²) < 4.78 is 1.89. The molecule has 0 amide bonds. The third kappa shape index (κ3) is 2.54. The topological polar surface area (TPSA) is 64.7 Å². The van der Waals surface area contributed by atoms with E-state index in [9.17, 15) is 0 Å². The summed E-state index contributed by atoms with van der Waals surface area (Å²) in [4.78, 5) is 5.47. The van der Waals surface area contributed by atoms with E-state index >= 15 is 0 Å². The lowest BCUT2D eigenvalue weighted by Crippen LogP contribution is -1.89. The van der Waals surface area contributed by atoms with Crippen molar-refractivity contribution in [1.82, 2.24) is 15.2 Å². The van der Waals surface area contributed by atoms with Crippen molar-refractivity contribution in [1.29, 1.82) is 0 Å². The van der Waals surface area contributed by atoms with Gasteiger partial charge in [0, 0.05) is 22.2 Å². The van der Waals surface area contributed by atoms with E-state index in [2.05, 4.69) is 15.2 Å². The fourth-order valence-corrected chi connectivity index (χ4v) is 4.17. The van der Waals surface area contributed by atoms with Gasteiger partial charge in [0.2, 0.25) is 0 Å². The number of aromatic nitrogens is 3. The van der Waals surface area contributed by atoms with E-state index in [0.717, 1.165) is 30.2 Å². The van der Waals surface area contributed by atoms with Gasteiger partial charge in [-0.05, 0) is 30.5 Å². The molecule has 0 saturated carbocycles. The largest absolute Gasteiger partial charge is 0.398 e. The van der Waals surface area contributed by atoms with E-state index in [0.29, 0.717) is 0 Å². The summed E-state index contributed by atoms with van der Waals surface area (Å²) >= 11 is 4.76. The number of rotatable bonds is 3. The van der Waals surface area contributed by atoms with E-state index < -0.39 is 0 Å². The van der Waals surface area contributed by atoms with Gasteiger partial charge in [0.05, 0.1) is 5.52 Å². The summed E-state index contributed by atoms with van der Waals surface area (Å²) in [6, 6.07) is 7.76. The first-order valence-electron chi connectivity index (χ1n) is 5.46. The molecule has 3 aromatic rings. The molecule has 2 aromatic heterocycles. The Balaban J connectivity index is 2.03. The van der Waals surface area contributed by atoms with Crippen LogP contribution in [0.5, 0.6) is 0 Å². The molecule has 3 rings (SSSR count). The van der Waals surface area contributed by atoms with Crippen LogP contribution in [0.4, 0.5) is 5.69 Å². The van der Waals surface area contributed by atoms with Gasteiger partial charge >= 0.3 is 0 Å². The SMILES string of the molecule is CSc1nnc(Sc2ccc(N)c3cccnc23)s1. The molecule has 0 aliphatic carbocycles. The van der Waals surface area contributed by atoms with Gasteiger partial charge in [-0.25, -0.2) is 0 Å². The Hall–Kier alpha value is -1.31. The standard InChI is InChI=1S/C12H10N4S3/c1-17-11-15-16-12(19-11)18-9-5-4-8(13)7-3-2-6-14-10(7)9/h2-6H,13H2,1H3. The van der Waals surface area contributed by atoms with Crippen molar-refractivity contribution in [3.05, 3.63) is 30.5 Å². The van der Waals surface area contributed by atoms with Gasteiger partial charge in [0.1, 0.15) is 0 Å². The average Bonchev–Trinajstić information content (AvgIpc) is 2.90. The number of nitrogens with two attached hydrogens (primary N) is 1. The summed E-state index contributed by atoms with van der Waals surface area (Å²) in [7, 11) is 0. The van der Waals surface area contributed by atoms with Crippen LogP contribution in [-0.4, -0.2) is 21.4 Å². The smallest absolute Gasteiger partial charge is 0.179 e. The number of anilines is 1. The molecule has 0 fully saturated rings. The van der Waals surface area contributed by atoms with Gasteiger partial charge in [-0.15, -0.1) is 10.2 Å². The minimum atomic E-state index is 0.745. The van der Waals surface area contributed by atoms with E-state index in [4.69, 9.17) is 5.73 Å². The quantitative estimate of drug-likeness (QED) is 0.590. The van der Waals surface area contributed by atoms with Gasteiger partial charge in [0.15, 0.2) is 8.68 Å². The zero-order chi connectivity index (χ0) is 13.2. The summed E-state index contributed by atoms with van der Waals surface area (Å²) in [5.74, 6) is 0. The lowest BCUT2D eigenvalue weighted by atomic mass is 10.2. The van der Waals surface area contributed by atoms with Gasteiger partial charge in [-0.2, -0.15) is 0 Å². The Labute approximate surface area is 122 Å². The minimum absolute atomic E-state index is 0.745. The van der Waals surface area contributed by atoms with E-state index in [1.165, 1.54) is 0 Å². The molecule has 2 heterocycles. The highest BCUT2D eigenvalue weighted by molar-refractivity contribution is 8.03. The minimum Gasteiger partial charge on any atom is -0.398 e. The zero-order valence-corrected chi connectivity index (χ0v) is 12.5. The highest BCUT2D eigenvalue weighted by Crippen LogP contribution is 2.37. The van der Waals surface area contributed by atoms with E-state index in [1.54, 1.807) is 41.1 Å². The van der Waals surface area contributed by atoms with Crippen molar-refractivity contribution in [3.63, 3.8) is 0 Å². The number of nitrogen functional groups attached to an aromatic ring is 1. The maximum atomic E-state index is 5.97. The molecule has 0 atom stereocenters. The van der Waals surface area contributed by atoms with Crippen LogP contribution in [0, 0.1) is 0 Å². The Morgan fingerprint density at radius 3 is 2.79 bits per heavy atom. The van der Waals surface area contributed by atoms with Crippen molar-refractivity contribution in [2.75, 3.05) is 12.0 Å². The molecular weight excluding hydrogens is 296 g/mol. The van der Waals surface area contributed by atoms with Crippen LogP contribution in [0.25, 0.3) is 10.9 Å². The molecule has 0 saturated heterocycles. The van der Waals surface area contributed by atoms with Crippen molar-refractivity contribution < 1.29 is 0 Å². The highest BCUT2D eigenvalue weighted by atomic mass is 32.2. The Morgan fingerprint density at radius 2 is 2.00 bits per heavy atom. The molecule has 7 heteroatoms. The van der Waals surface area contributed by atoms with Crippen LogP contribution in [0.2, 0.25) is 0 Å². The molecule has 0 radical (unpaired) electrons. The molecule has 0 spiro atoms. The summed E-state index contributed by atoms with van der Waals surface area (Å²) in [6.45, 7) is 0. The van der Waals surface area contributed by atoms with Gasteiger partial charge in [-0.3, -0.25) is 4.98 Å². The third-order valence-corrected chi connectivity index (χ3v) is 5.53. The first-order valence-corrected chi connectivity index (χ1v) is 8.32. The summed E-state index contributed by atoms with van der Waals surface area (Å²) in [5.41, 5.74) is 7.62. The van der Waals surface area contributed by atoms with Crippen molar-refractivity contribution in [2.45, 2.75) is 13.6 Å². The Kier molecular flexibility index (Phi) is 3.58. The molecule has 0 aliphatic rings. The van der Waals surface area contributed by atoms with Crippen LogP contribution in [-0.2, 0) is 0 Å². The van der Waals surface area contributed by atoms with Crippen LogP contribution in [0.15, 0.2) is 44.0 Å². The molecule has 2 N–H and O–H groups in total. The molecule has 0 aliphatic heterocycles. The second kappa shape index (κ2) is 5.36. The molecule has 0 unspecified atom stereocenters. The van der Waals surface area contributed by atoms with Crippen LogP contribution in [0.1, 0.15) is 0 Å². The fraction of sp³-hybridized carbons (Fsp3) is 0.0833. The summed E-state index contributed by atoms with van der Waals surface area (Å²) in [6.07, 6.45) is 3.77. The lowest BCUT2D eigenvalue weighted by Gasteiger charge is -2.05. The second-order valence-electron chi connectivity index (χ2n) is 3.69. The molecular formula is C12H10N4S3. The zero-order valence-electron chi connectivity index (χ0n) is 10.0. The van der Waals surface area contributed by atoms with Crippen LogP contribution in [0.3, 0.4) is 0 Å². The van der Waals surface area contributed by atoms with E-state index in [1.807, 2.05) is 30.5 Å². The first-order chi connectivity index (χ1) is 9.28. The van der Waals surface area contributed by atoms with Crippen molar-refractivity contribution in [2.24, 2.45) is 0 Å². The lowest BCUT2D eigenvalue weighted by molar-refractivity contribution is 0.956. The van der Waals surface area contributed by atoms with Crippen molar-refractivity contribution in [3.8, 4) is 0 Å². The maximum Gasteiger partial charge on any atom is 0.179 e. The number of fused-ring (bicyclic) bond motifs is 1. The number of nitrogens with zero attached hydrogens (tertiary/aromatic N) is 3. The summed E-state index contributed by atoms with van der Waals surface area (Å²) in [5, 5.41) is 9.23. The molecule has 96 valence electrons. The number of hydrogen-bond donors (Lipinski definition) is 1. The van der Waals surface area contributed by atoms with Crippen LogP contribution >= 0.6 is 34.9 Å². The second-order valence-corrected chi connectivity index (χ2v) is 7.01. The molecule has 0 bridgehead atoms. The van der Waals surface area contributed by atoms with Crippen molar-refractivity contribution >= 4 is 51.5 Å². The number of benzene rings is 1. The predicted octanol–water partition coefficient (Wildman–Crippen LogP) is 3.54. The molecule has 19 heavy (non-hydrogen) atoms. The normalized spacial score (nSPS) is 11.0. The fourth-order valence-electron chi connectivity index (χ4n) is 1.67. The third-order valence-electron chi connectivity index (χ3n) is 2.53. The average molecular weight is 306 g/mol. The monoisotopic (exact) mass is 306 g/mol. The maximum absolute atomic E-state index is 5.97. The molecule has 1 aromatic carbocycles. The van der Waals surface area contributed by atoms with Gasteiger partial charge in [0.25, 0.3) is 0 Å². The Morgan fingerprint density at radius 1 is 1.16 bits per heavy atom. The Bertz CT molecular complexity index is 726. The highest BCUT2D eigenvalue weighted by Gasteiger charge is 2.10. The van der Waals surface area contributed by atoms with Crippen LogP contribution < -0.4 is 5.73 Å². The number of thioether (sulfide) groups is 1. The number of hydrogen-bond acceptors (Lipinski definition) is 7. The molecule has 4 nitrogen and oxygen atoms in total.